The van der Waals surface area contributed by atoms with Crippen LogP contribution in [0.4, 0.5) is 0 Å². The smallest absolute Gasteiger partial charge is 0.184 e. The van der Waals surface area contributed by atoms with E-state index in [9.17, 15) is 4.79 Å². The summed E-state index contributed by atoms with van der Waals surface area (Å²) in [6, 6.07) is 24.4. The summed E-state index contributed by atoms with van der Waals surface area (Å²) in [6.45, 7) is 2.16. The van der Waals surface area contributed by atoms with Gasteiger partial charge in [-0.05, 0) is 48.2 Å². The third kappa shape index (κ3) is 3.49. The van der Waals surface area contributed by atoms with E-state index in [4.69, 9.17) is 0 Å². The summed E-state index contributed by atoms with van der Waals surface area (Å²) < 4.78 is 0. The van der Waals surface area contributed by atoms with Crippen molar-refractivity contribution in [3.8, 4) is 0 Å². The molecule has 26 heavy (non-hydrogen) atoms. The molecule has 0 saturated heterocycles. The molecular formula is C23H19NOS. The van der Waals surface area contributed by atoms with Crippen LogP contribution in [0, 0.1) is 0 Å². The van der Waals surface area contributed by atoms with Crippen molar-refractivity contribution in [2.24, 2.45) is 4.99 Å². The van der Waals surface area contributed by atoms with Gasteiger partial charge in [-0.1, -0.05) is 66.4 Å². The summed E-state index contributed by atoms with van der Waals surface area (Å²) in [4.78, 5) is 19.4. The first-order chi connectivity index (χ1) is 12.7. The second kappa shape index (κ2) is 7.30. The Morgan fingerprint density at radius 3 is 2.46 bits per heavy atom. The van der Waals surface area contributed by atoms with Gasteiger partial charge in [-0.2, -0.15) is 0 Å². The maximum atomic E-state index is 12.2. The van der Waals surface area contributed by atoms with Crippen LogP contribution in [0.1, 0.15) is 34.0 Å². The quantitative estimate of drug-likeness (QED) is 0.360. The van der Waals surface area contributed by atoms with Gasteiger partial charge in [0.15, 0.2) is 5.78 Å². The molecule has 0 bridgehead atoms. The average Bonchev–Trinajstić information content (AvgIpc) is 2.70. The van der Waals surface area contributed by atoms with Crippen molar-refractivity contribution >= 4 is 23.3 Å². The van der Waals surface area contributed by atoms with Gasteiger partial charge >= 0.3 is 0 Å². The van der Waals surface area contributed by atoms with E-state index in [2.05, 4.69) is 47.5 Å². The van der Waals surface area contributed by atoms with Gasteiger partial charge in [0.2, 0.25) is 0 Å². The van der Waals surface area contributed by atoms with E-state index in [0.29, 0.717) is 5.56 Å². The third-order valence-electron chi connectivity index (χ3n) is 4.61. The monoisotopic (exact) mass is 357 g/mol. The van der Waals surface area contributed by atoms with Crippen LogP contribution in [0.3, 0.4) is 0 Å². The first-order valence-electron chi connectivity index (χ1n) is 8.69. The Balaban J connectivity index is 1.53. The van der Waals surface area contributed by atoms with Crippen LogP contribution < -0.4 is 0 Å². The Morgan fingerprint density at radius 2 is 1.62 bits per heavy atom. The third-order valence-corrected chi connectivity index (χ3v) is 5.84. The molecule has 0 amide bonds. The maximum Gasteiger partial charge on any atom is 0.184 e. The van der Waals surface area contributed by atoms with Crippen molar-refractivity contribution in [2.45, 2.75) is 23.1 Å². The number of carbonyl (C=O) groups is 1. The van der Waals surface area contributed by atoms with E-state index in [1.54, 1.807) is 0 Å². The molecule has 1 heterocycles. The minimum Gasteiger partial charge on any atom is -0.292 e. The molecule has 0 aromatic heterocycles. The van der Waals surface area contributed by atoms with Crippen molar-refractivity contribution in [1.29, 1.82) is 0 Å². The first-order valence-corrected chi connectivity index (χ1v) is 9.51. The van der Waals surface area contributed by atoms with Gasteiger partial charge < -0.3 is 0 Å². The van der Waals surface area contributed by atoms with Crippen LogP contribution >= 0.6 is 11.8 Å². The van der Waals surface area contributed by atoms with Crippen LogP contribution in [0.15, 0.2) is 87.6 Å². The molecule has 2 nitrogen and oxygen atoms in total. The number of carbonyl (C=O) groups excluding carboxylic acids is 1. The zero-order valence-corrected chi connectivity index (χ0v) is 15.4. The molecule has 0 fully saturated rings. The fourth-order valence-electron chi connectivity index (χ4n) is 3.11. The summed E-state index contributed by atoms with van der Waals surface area (Å²) in [5.41, 5.74) is 5.40. The SMILES string of the molecule is CC(=NCC(=O)c1ccccc1)c1ccc2c(c1)Cc1ccccc1S2. The van der Waals surface area contributed by atoms with Gasteiger partial charge in [-0.3, -0.25) is 9.79 Å². The van der Waals surface area contributed by atoms with Gasteiger partial charge in [0, 0.05) is 21.1 Å². The predicted molar refractivity (Wildman–Crippen MR) is 108 cm³/mol. The molecule has 3 aromatic carbocycles. The number of fused-ring (bicyclic) bond motifs is 2. The topological polar surface area (TPSA) is 29.4 Å². The normalized spacial score (nSPS) is 13.0. The van der Waals surface area contributed by atoms with E-state index in [1.165, 1.54) is 20.9 Å². The van der Waals surface area contributed by atoms with Crippen molar-refractivity contribution in [2.75, 3.05) is 6.54 Å². The van der Waals surface area contributed by atoms with E-state index >= 15 is 0 Å². The molecule has 1 aliphatic rings. The zero-order valence-electron chi connectivity index (χ0n) is 14.6. The molecule has 0 unspecified atom stereocenters. The van der Waals surface area contributed by atoms with E-state index in [0.717, 1.165) is 17.7 Å². The lowest BCUT2D eigenvalue weighted by Crippen LogP contribution is -2.07. The minimum absolute atomic E-state index is 0.0485. The summed E-state index contributed by atoms with van der Waals surface area (Å²) >= 11 is 1.82. The molecule has 0 radical (unpaired) electrons. The van der Waals surface area contributed by atoms with E-state index in [1.807, 2.05) is 49.0 Å². The Hall–Kier alpha value is -2.65. The Morgan fingerprint density at radius 1 is 0.885 bits per heavy atom. The van der Waals surface area contributed by atoms with Crippen LogP contribution in [0.25, 0.3) is 0 Å². The highest BCUT2D eigenvalue weighted by Gasteiger charge is 2.16. The maximum absolute atomic E-state index is 12.2. The molecule has 0 saturated carbocycles. The molecule has 0 spiro atoms. The molecule has 0 N–H and O–H groups in total. The van der Waals surface area contributed by atoms with Crippen LogP contribution in [0.5, 0.6) is 0 Å². The molecule has 0 aliphatic carbocycles. The van der Waals surface area contributed by atoms with Crippen LogP contribution in [0.2, 0.25) is 0 Å². The molecule has 128 valence electrons. The van der Waals surface area contributed by atoms with Gasteiger partial charge in [0.25, 0.3) is 0 Å². The van der Waals surface area contributed by atoms with Crippen molar-refractivity contribution in [3.63, 3.8) is 0 Å². The minimum atomic E-state index is 0.0485. The molecule has 4 rings (SSSR count). The number of rotatable bonds is 4. The van der Waals surface area contributed by atoms with Crippen molar-refractivity contribution in [1.82, 2.24) is 0 Å². The number of hydrogen-bond acceptors (Lipinski definition) is 3. The van der Waals surface area contributed by atoms with Crippen molar-refractivity contribution in [3.05, 3.63) is 95.1 Å². The highest BCUT2D eigenvalue weighted by atomic mass is 32.2. The lowest BCUT2D eigenvalue weighted by atomic mass is 10.0. The molecule has 1 aliphatic heterocycles. The number of Topliss-reactive ketones (excluding diaryl/α,β-unsaturated/α-hetero) is 1. The summed E-state index contributed by atoms with van der Waals surface area (Å²) in [6.07, 6.45) is 0.947. The highest BCUT2D eigenvalue weighted by Crippen LogP contribution is 2.39. The lowest BCUT2D eigenvalue weighted by Gasteiger charge is -2.19. The van der Waals surface area contributed by atoms with Gasteiger partial charge in [-0.25, -0.2) is 0 Å². The molecule has 3 heteroatoms. The first kappa shape index (κ1) is 16.8. The number of benzene rings is 3. The largest absolute Gasteiger partial charge is 0.292 e. The molecule has 0 atom stereocenters. The van der Waals surface area contributed by atoms with Gasteiger partial charge in [0.1, 0.15) is 6.54 Å². The number of aliphatic imine (C=N–C) groups is 1. The van der Waals surface area contributed by atoms with E-state index in [-0.39, 0.29) is 12.3 Å². The standard InChI is InChI=1S/C23H19NOS/c1-16(24-15-21(25)17-7-3-2-4-8-17)18-11-12-23-20(13-18)14-19-9-5-6-10-22(19)26-23/h2-13H,14-15H2,1H3. The number of ketones is 1. The van der Waals surface area contributed by atoms with Gasteiger partial charge in [0.05, 0.1) is 0 Å². The number of nitrogens with zero attached hydrogens (tertiary/aromatic N) is 1. The fourth-order valence-corrected chi connectivity index (χ4v) is 4.17. The molecular weight excluding hydrogens is 338 g/mol. The predicted octanol–water partition coefficient (Wildman–Crippen LogP) is 5.43. The second-order valence-corrected chi connectivity index (χ2v) is 7.48. The zero-order chi connectivity index (χ0) is 17.9. The van der Waals surface area contributed by atoms with Crippen molar-refractivity contribution < 1.29 is 4.79 Å². The Bertz CT molecular complexity index is 992. The molecule has 3 aromatic rings. The van der Waals surface area contributed by atoms with Crippen LogP contribution in [-0.4, -0.2) is 18.0 Å². The number of hydrogen-bond donors (Lipinski definition) is 0. The highest BCUT2D eigenvalue weighted by molar-refractivity contribution is 7.99. The summed E-state index contributed by atoms with van der Waals surface area (Å²) in [7, 11) is 0. The fraction of sp³-hybridized carbons (Fsp3) is 0.130. The summed E-state index contributed by atoms with van der Waals surface area (Å²) in [5, 5.41) is 0. The Kier molecular flexibility index (Phi) is 4.72. The Labute approximate surface area is 158 Å². The lowest BCUT2D eigenvalue weighted by molar-refractivity contribution is 0.100. The second-order valence-electron chi connectivity index (χ2n) is 6.40. The average molecular weight is 357 g/mol. The van der Waals surface area contributed by atoms with Gasteiger partial charge in [-0.15, -0.1) is 0 Å². The summed E-state index contributed by atoms with van der Waals surface area (Å²) in [5.74, 6) is 0.0485. The van der Waals surface area contributed by atoms with Crippen LogP contribution in [-0.2, 0) is 6.42 Å². The van der Waals surface area contributed by atoms with E-state index < -0.39 is 0 Å².